The fourth-order valence-corrected chi connectivity index (χ4v) is 2.44. The van der Waals surface area contributed by atoms with E-state index in [0.29, 0.717) is 6.04 Å². The second kappa shape index (κ2) is 6.60. The van der Waals surface area contributed by atoms with Crippen LogP contribution in [-0.2, 0) is 4.79 Å². The van der Waals surface area contributed by atoms with E-state index < -0.39 is 6.10 Å². The average Bonchev–Trinajstić information content (AvgIpc) is 2.42. The van der Waals surface area contributed by atoms with Crippen molar-refractivity contribution in [2.75, 3.05) is 0 Å². The first-order chi connectivity index (χ1) is 9.15. The number of carbonyl (C=O) groups excluding carboxylic acids is 1. The van der Waals surface area contributed by atoms with Crippen LogP contribution >= 0.6 is 0 Å². The van der Waals surface area contributed by atoms with Crippen molar-refractivity contribution in [3.05, 3.63) is 29.8 Å². The van der Waals surface area contributed by atoms with Gasteiger partial charge in [-0.1, -0.05) is 37.0 Å². The van der Waals surface area contributed by atoms with Gasteiger partial charge in [-0.3, -0.25) is 4.79 Å². The van der Waals surface area contributed by atoms with E-state index in [1.165, 1.54) is 24.8 Å². The first-order valence-electron chi connectivity index (χ1n) is 7.19. The van der Waals surface area contributed by atoms with E-state index in [9.17, 15) is 4.79 Å². The summed E-state index contributed by atoms with van der Waals surface area (Å²) in [7, 11) is 0. The van der Waals surface area contributed by atoms with Gasteiger partial charge >= 0.3 is 0 Å². The van der Waals surface area contributed by atoms with Gasteiger partial charge in [-0.25, -0.2) is 0 Å². The standard InChI is InChI=1S/C16H23NO2/c1-12-8-10-15(11-9-12)19-13(2)16(18)17-14-6-4-3-5-7-14/h8-11,13-14H,3-7H2,1-2H3,(H,17,18). The molecule has 0 heterocycles. The highest BCUT2D eigenvalue weighted by Gasteiger charge is 2.20. The van der Waals surface area contributed by atoms with Crippen molar-refractivity contribution in [1.29, 1.82) is 0 Å². The van der Waals surface area contributed by atoms with E-state index >= 15 is 0 Å². The summed E-state index contributed by atoms with van der Waals surface area (Å²) >= 11 is 0. The summed E-state index contributed by atoms with van der Waals surface area (Å²) in [6.07, 6.45) is 5.49. The van der Waals surface area contributed by atoms with E-state index in [1.807, 2.05) is 31.2 Å². The second-order valence-electron chi connectivity index (χ2n) is 5.42. The molecule has 1 N–H and O–H groups in total. The smallest absolute Gasteiger partial charge is 0.260 e. The van der Waals surface area contributed by atoms with Gasteiger partial charge < -0.3 is 10.1 Å². The fraction of sp³-hybridized carbons (Fsp3) is 0.562. The van der Waals surface area contributed by atoms with Crippen molar-refractivity contribution in [2.24, 2.45) is 0 Å². The lowest BCUT2D eigenvalue weighted by Gasteiger charge is -2.24. The molecule has 1 fully saturated rings. The summed E-state index contributed by atoms with van der Waals surface area (Å²) in [4.78, 5) is 12.0. The third-order valence-corrected chi connectivity index (χ3v) is 3.65. The lowest BCUT2D eigenvalue weighted by Crippen LogP contribution is -2.43. The second-order valence-corrected chi connectivity index (χ2v) is 5.42. The zero-order valence-corrected chi connectivity index (χ0v) is 11.8. The van der Waals surface area contributed by atoms with Crippen LogP contribution in [0.15, 0.2) is 24.3 Å². The van der Waals surface area contributed by atoms with E-state index in [2.05, 4.69) is 5.32 Å². The fourth-order valence-electron chi connectivity index (χ4n) is 2.44. The molecule has 1 aliphatic carbocycles. The summed E-state index contributed by atoms with van der Waals surface area (Å²) < 4.78 is 5.66. The van der Waals surface area contributed by atoms with E-state index in [-0.39, 0.29) is 5.91 Å². The van der Waals surface area contributed by atoms with Gasteiger partial charge in [-0.2, -0.15) is 0 Å². The van der Waals surface area contributed by atoms with Gasteiger partial charge in [0.2, 0.25) is 0 Å². The molecule has 0 aromatic heterocycles. The van der Waals surface area contributed by atoms with Crippen molar-refractivity contribution >= 4 is 5.91 Å². The molecule has 2 rings (SSSR count). The molecule has 1 saturated carbocycles. The number of carbonyl (C=O) groups is 1. The Morgan fingerprint density at radius 1 is 1.21 bits per heavy atom. The molecule has 1 unspecified atom stereocenters. The summed E-state index contributed by atoms with van der Waals surface area (Å²) in [5.74, 6) is 0.740. The van der Waals surface area contributed by atoms with E-state index in [4.69, 9.17) is 4.74 Å². The molecule has 3 nitrogen and oxygen atoms in total. The lowest BCUT2D eigenvalue weighted by atomic mass is 9.95. The van der Waals surface area contributed by atoms with Crippen LogP contribution in [0, 0.1) is 6.92 Å². The molecule has 1 atom stereocenters. The Kier molecular flexibility index (Phi) is 4.83. The van der Waals surface area contributed by atoms with Crippen molar-refractivity contribution in [3.63, 3.8) is 0 Å². The molecule has 1 amide bonds. The molecule has 19 heavy (non-hydrogen) atoms. The molecule has 0 spiro atoms. The van der Waals surface area contributed by atoms with Gasteiger partial charge in [0, 0.05) is 6.04 Å². The number of ether oxygens (including phenoxy) is 1. The molecule has 104 valence electrons. The van der Waals surface area contributed by atoms with Gasteiger partial charge in [0.25, 0.3) is 5.91 Å². The van der Waals surface area contributed by atoms with Crippen LogP contribution in [0.4, 0.5) is 0 Å². The van der Waals surface area contributed by atoms with Crippen LogP contribution in [0.5, 0.6) is 5.75 Å². The van der Waals surface area contributed by atoms with Crippen LogP contribution in [-0.4, -0.2) is 18.1 Å². The quantitative estimate of drug-likeness (QED) is 0.903. The normalized spacial score (nSPS) is 17.8. The predicted molar refractivity (Wildman–Crippen MR) is 76.3 cm³/mol. The number of amides is 1. The number of nitrogens with one attached hydrogen (secondary N) is 1. The highest BCUT2D eigenvalue weighted by atomic mass is 16.5. The molecule has 1 aliphatic rings. The van der Waals surface area contributed by atoms with Gasteiger partial charge in [-0.15, -0.1) is 0 Å². The van der Waals surface area contributed by atoms with Crippen LogP contribution < -0.4 is 10.1 Å². The maximum Gasteiger partial charge on any atom is 0.260 e. The van der Waals surface area contributed by atoms with E-state index in [1.54, 1.807) is 6.92 Å². The minimum atomic E-state index is -0.440. The summed E-state index contributed by atoms with van der Waals surface area (Å²) in [6.45, 7) is 3.83. The van der Waals surface area contributed by atoms with Crippen molar-refractivity contribution in [1.82, 2.24) is 5.32 Å². The Labute approximate surface area is 115 Å². The Bertz CT molecular complexity index is 407. The van der Waals surface area contributed by atoms with Crippen LogP contribution in [0.25, 0.3) is 0 Å². The number of rotatable bonds is 4. The largest absolute Gasteiger partial charge is 0.481 e. The van der Waals surface area contributed by atoms with Gasteiger partial charge in [0.15, 0.2) is 6.10 Å². The zero-order chi connectivity index (χ0) is 13.7. The highest BCUT2D eigenvalue weighted by Crippen LogP contribution is 2.18. The zero-order valence-electron chi connectivity index (χ0n) is 11.8. The minimum absolute atomic E-state index is 0.00697. The third-order valence-electron chi connectivity index (χ3n) is 3.65. The monoisotopic (exact) mass is 261 g/mol. The van der Waals surface area contributed by atoms with Crippen molar-refractivity contribution in [3.8, 4) is 5.75 Å². The maximum absolute atomic E-state index is 12.0. The number of hydrogen-bond donors (Lipinski definition) is 1. The molecule has 0 aliphatic heterocycles. The average molecular weight is 261 g/mol. The van der Waals surface area contributed by atoms with Crippen LogP contribution in [0.1, 0.15) is 44.6 Å². The Morgan fingerprint density at radius 2 is 1.84 bits per heavy atom. The molecule has 0 bridgehead atoms. The maximum atomic E-state index is 12.0. The van der Waals surface area contributed by atoms with Crippen molar-refractivity contribution < 1.29 is 9.53 Å². The molecule has 3 heteroatoms. The molecule has 1 aromatic rings. The first kappa shape index (κ1) is 13.9. The summed E-state index contributed by atoms with van der Waals surface area (Å²) in [5, 5.41) is 3.09. The van der Waals surface area contributed by atoms with Crippen molar-refractivity contribution in [2.45, 2.75) is 58.1 Å². The molecular formula is C16H23NO2. The molecule has 0 radical (unpaired) electrons. The lowest BCUT2D eigenvalue weighted by molar-refractivity contribution is -0.128. The first-order valence-corrected chi connectivity index (χ1v) is 7.19. The summed E-state index contributed by atoms with van der Waals surface area (Å²) in [5.41, 5.74) is 1.19. The van der Waals surface area contributed by atoms with E-state index in [0.717, 1.165) is 18.6 Å². The Hall–Kier alpha value is -1.51. The van der Waals surface area contributed by atoms with Gasteiger partial charge in [0.1, 0.15) is 5.75 Å². The molecule has 1 aromatic carbocycles. The minimum Gasteiger partial charge on any atom is -0.481 e. The molecule has 0 saturated heterocycles. The predicted octanol–water partition coefficient (Wildman–Crippen LogP) is 3.21. The Morgan fingerprint density at radius 3 is 2.47 bits per heavy atom. The van der Waals surface area contributed by atoms with Crippen LogP contribution in [0.3, 0.4) is 0 Å². The van der Waals surface area contributed by atoms with Gasteiger partial charge in [0.05, 0.1) is 0 Å². The topological polar surface area (TPSA) is 38.3 Å². The number of aryl methyl sites for hydroxylation is 1. The Balaban J connectivity index is 1.83. The molecular weight excluding hydrogens is 238 g/mol. The van der Waals surface area contributed by atoms with Crippen LogP contribution in [0.2, 0.25) is 0 Å². The highest BCUT2D eigenvalue weighted by molar-refractivity contribution is 5.81. The SMILES string of the molecule is Cc1ccc(OC(C)C(=O)NC2CCCCC2)cc1. The number of benzene rings is 1. The summed E-state index contributed by atoms with van der Waals surface area (Å²) in [6, 6.07) is 8.12. The number of hydrogen-bond acceptors (Lipinski definition) is 2. The van der Waals surface area contributed by atoms with Gasteiger partial charge in [-0.05, 0) is 38.8 Å². The third kappa shape index (κ3) is 4.27.